The van der Waals surface area contributed by atoms with Crippen LogP contribution in [0.1, 0.15) is 40.7 Å². The lowest BCUT2D eigenvalue weighted by atomic mass is 9.77. The van der Waals surface area contributed by atoms with Gasteiger partial charge >= 0.3 is 12.1 Å². The molecule has 0 atom stereocenters. The van der Waals surface area contributed by atoms with Gasteiger partial charge in [0.05, 0.1) is 0 Å². The topological polar surface area (TPSA) is 114 Å². The van der Waals surface area contributed by atoms with Crippen LogP contribution in [0.15, 0.2) is 54.7 Å². The predicted octanol–water partition coefficient (Wildman–Crippen LogP) is 3.72. The number of hydrogen-bond acceptors (Lipinski definition) is 5. The van der Waals surface area contributed by atoms with E-state index in [-0.39, 0.29) is 42.9 Å². The summed E-state index contributed by atoms with van der Waals surface area (Å²) in [6.07, 6.45) is 1.23. The third-order valence-electron chi connectivity index (χ3n) is 7.03. The number of amides is 2. The summed E-state index contributed by atoms with van der Waals surface area (Å²) in [5.74, 6) is -1.29. The van der Waals surface area contributed by atoms with E-state index in [4.69, 9.17) is 4.74 Å². The Morgan fingerprint density at radius 3 is 2.26 bits per heavy atom. The van der Waals surface area contributed by atoms with E-state index in [0.717, 1.165) is 22.3 Å². The van der Waals surface area contributed by atoms with Crippen molar-refractivity contribution >= 4 is 23.8 Å². The minimum absolute atomic E-state index is 0.0824. The predicted molar refractivity (Wildman–Crippen MR) is 128 cm³/mol. The zero-order chi connectivity index (χ0) is 24.7. The summed E-state index contributed by atoms with van der Waals surface area (Å²) >= 11 is 0. The Balaban J connectivity index is 1.27. The Labute approximate surface area is 202 Å². The molecule has 2 aliphatic rings. The number of aryl methyl sites for hydroxylation is 1. The van der Waals surface area contributed by atoms with Gasteiger partial charge < -0.3 is 14.7 Å². The molecule has 0 spiro atoms. The molecule has 180 valence electrons. The largest absolute Gasteiger partial charge is 0.481 e. The molecule has 9 heteroatoms. The number of carbonyl (C=O) groups is 3. The highest BCUT2D eigenvalue weighted by atomic mass is 16.5. The van der Waals surface area contributed by atoms with Crippen molar-refractivity contribution in [1.29, 1.82) is 0 Å². The summed E-state index contributed by atoms with van der Waals surface area (Å²) in [6, 6.07) is 16.1. The van der Waals surface area contributed by atoms with Crippen molar-refractivity contribution in [2.75, 3.05) is 25.0 Å². The SMILES string of the molecule is CCC1(C(=O)O)CN(C(=O)c2cn(C)nc2NC(=O)OCC2c3ccccc3-c3ccccc32)C1. The summed E-state index contributed by atoms with van der Waals surface area (Å²) in [6.45, 7) is 2.18. The van der Waals surface area contributed by atoms with Crippen molar-refractivity contribution in [1.82, 2.24) is 14.7 Å². The molecule has 5 rings (SSSR count). The molecule has 2 heterocycles. The van der Waals surface area contributed by atoms with Crippen LogP contribution >= 0.6 is 0 Å². The summed E-state index contributed by atoms with van der Waals surface area (Å²) in [5, 5.41) is 16.3. The van der Waals surface area contributed by atoms with Crippen molar-refractivity contribution in [2.24, 2.45) is 12.5 Å². The molecule has 9 nitrogen and oxygen atoms in total. The van der Waals surface area contributed by atoms with E-state index in [2.05, 4.69) is 22.5 Å². The van der Waals surface area contributed by atoms with Gasteiger partial charge in [-0.15, -0.1) is 0 Å². The molecule has 0 saturated carbocycles. The van der Waals surface area contributed by atoms with E-state index in [1.54, 1.807) is 14.0 Å². The van der Waals surface area contributed by atoms with Gasteiger partial charge in [0.2, 0.25) is 0 Å². The lowest BCUT2D eigenvalue weighted by molar-refractivity contribution is -0.158. The monoisotopic (exact) mass is 474 g/mol. The van der Waals surface area contributed by atoms with Crippen molar-refractivity contribution < 1.29 is 24.2 Å². The Hall–Kier alpha value is -4.14. The number of carboxylic acids is 1. The number of nitrogens with zero attached hydrogens (tertiary/aromatic N) is 3. The number of fused-ring (bicyclic) bond motifs is 3. The van der Waals surface area contributed by atoms with Gasteiger partial charge in [-0.1, -0.05) is 55.5 Å². The number of hydrogen-bond donors (Lipinski definition) is 2. The fourth-order valence-electron chi connectivity index (χ4n) is 4.98. The van der Waals surface area contributed by atoms with Gasteiger partial charge in [0.15, 0.2) is 5.82 Å². The number of aromatic nitrogens is 2. The van der Waals surface area contributed by atoms with E-state index in [1.807, 2.05) is 36.4 Å². The van der Waals surface area contributed by atoms with Crippen LogP contribution in [0.3, 0.4) is 0 Å². The van der Waals surface area contributed by atoms with Crippen LogP contribution in [0.25, 0.3) is 11.1 Å². The van der Waals surface area contributed by atoms with Gasteiger partial charge in [-0.25, -0.2) is 4.79 Å². The molecule has 0 unspecified atom stereocenters. The first-order valence-corrected chi connectivity index (χ1v) is 11.5. The number of carbonyl (C=O) groups excluding carboxylic acids is 2. The van der Waals surface area contributed by atoms with Gasteiger partial charge in [-0.3, -0.25) is 19.6 Å². The van der Waals surface area contributed by atoms with Crippen molar-refractivity contribution in [3.05, 3.63) is 71.4 Å². The number of ether oxygens (including phenoxy) is 1. The molecule has 35 heavy (non-hydrogen) atoms. The quantitative estimate of drug-likeness (QED) is 0.563. The van der Waals surface area contributed by atoms with E-state index < -0.39 is 17.5 Å². The number of aliphatic carboxylic acids is 1. The molecule has 3 aromatic rings. The number of rotatable bonds is 6. The van der Waals surface area contributed by atoms with Crippen molar-refractivity contribution in [3.63, 3.8) is 0 Å². The third kappa shape index (κ3) is 3.82. The summed E-state index contributed by atoms with van der Waals surface area (Å²) < 4.78 is 7.00. The molecule has 0 radical (unpaired) electrons. The maximum Gasteiger partial charge on any atom is 0.412 e. The fourth-order valence-corrected chi connectivity index (χ4v) is 4.98. The fraction of sp³-hybridized carbons (Fsp3) is 0.308. The average Bonchev–Trinajstić information content (AvgIpc) is 3.34. The summed E-state index contributed by atoms with van der Waals surface area (Å²) in [7, 11) is 1.64. The van der Waals surface area contributed by atoms with Crippen LogP contribution in [0.5, 0.6) is 0 Å². The van der Waals surface area contributed by atoms with Gasteiger partial charge in [-0.05, 0) is 28.7 Å². The zero-order valence-corrected chi connectivity index (χ0v) is 19.5. The molecule has 2 amide bonds. The van der Waals surface area contributed by atoms with Gasteiger partial charge in [0.25, 0.3) is 5.91 Å². The first-order valence-electron chi connectivity index (χ1n) is 11.5. The van der Waals surface area contributed by atoms with Crippen molar-refractivity contribution in [2.45, 2.75) is 19.3 Å². The van der Waals surface area contributed by atoms with Gasteiger partial charge in [0, 0.05) is 32.3 Å². The first kappa shape index (κ1) is 22.6. The van der Waals surface area contributed by atoms with Crippen LogP contribution in [0, 0.1) is 5.41 Å². The Bertz CT molecular complexity index is 1280. The van der Waals surface area contributed by atoms with Crippen molar-refractivity contribution in [3.8, 4) is 11.1 Å². The molecule has 0 bridgehead atoms. The van der Waals surface area contributed by atoms with E-state index in [0.29, 0.717) is 6.42 Å². The van der Waals surface area contributed by atoms with Gasteiger partial charge in [-0.2, -0.15) is 5.10 Å². The first-order chi connectivity index (χ1) is 16.8. The molecular formula is C26H26N4O5. The molecule has 1 aliphatic carbocycles. The lowest BCUT2D eigenvalue weighted by Crippen LogP contribution is -2.61. The number of nitrogens with one attached hydrogen (secondary N) is 1. The van der Waals surface area contributed by atoms with E-state index >= 15 is 0 Å². The van der Waals surface area contributed by atoms with Crippen LogP contribution in [0.4, 0.5) is 10.6 Å². The maximum absolute atomic E-state index is 13.0. The highest BCUT2D eigenvalue weighted by molar-refractivity contribution is 6.02. The number of anilines is 1. The third-order valence-corrected chi connectivity index (χ3v) is 7.03. The van der Waals surface area contributed by atoms with Crippen LogP contribution in [-0.2, 0) is 16.6 Å². The zero-order valence-electron chi connectivity index (χ0n) is 19.5. The molecule has 1 aromatic heterocycles. The second-order valence-corrected chi connectivity index (χ2v) is 9.12. The second kappa shape index (κ2) is 8.57. The molecule has 2 N–H and O–H groups in total. The Kier molecular flexibility index (Phi) is 5.55. The molecule has 1 aliphatic heterocycles. The van der Waals surface area contributed by atoms with Gasteiger partial charge in [0.1, 0.15) is 17.6 Å². The maximum atomic E-state index is 13.0. The lowest BCUT2D eigenvalue weighted by Gasteiger charge is -2.46. The number of likely N-dealkylation sites (tertiary alicyclic amines) is 1. The molecule has 1 saturated heterocycles. The van der Waals surface area contributed by atoms with E-state index in [1.165, 1.54) is 15.8 Å². The van der Waals surface area contributed by atoms with Crippen LogP contribution < -0.4 is 5.32 Å². The number of carboxylic acid groups (broad SMARTS) is 1. The summed E-state index contributed by atoms with van der Waals surface area (Å²) in [4.78, 5) is 38.7. The smallest absolute Gasteiger partial charge is 0.412 e. The average molecular weight is 475 g/mol. The minimum Gasteiger partial charge on any atom is -0.481 e. The Morgan fingerprint density at radius 1 is 1.09 bits per heavy atom. The number of benzene rings is 2. The molecule has 1 fully saturated rings. The summed E-state index contributed by atoms with van der Waals surface area (Å²) in [5.41, 5.74) is 3.74. The molecular weight excluding hydrogens is 448 g/mol. The standard InChI is InChI=1S/C26H26N4O5/c1-3-26(24(32)33)14-30(15-26)23(31)20-12-29(2)28-22(20)27-25(34)35-13-21-18-10-6-4-8-16(18)17-9-5-7-11-19(17)21/h4-12,21H,3,13-15H2,1-2H3,(H,32,33)(H,27,28,34). The second-order valence-electron chi connectivity index (χ2n) is 9.12. The van der Waals surface area contributed by atoms with E-state index in [9.17, 15) is 19.5 Å². The highest BCUT2D eigenvalue weighted by Crippen LogP contribution is 2.44. The normalized spacial score (nSPS) is 15.7. The highest BCUT2D eigenvalue weighted by Gasteiger charge is 2.50. The van der Waals surface area contributed by atoms with Crippen LogP contribution in [-0.4, -0.2) is 57.5 Å². The Morgan fingerprint density at radius 2 is 1.69 bits per heavy atom. The minimum atomic E-state index is -0.918. The van der Waals surface area contributed by atoms with Crippen LogP contribution in [0.2, 0.25) is 0 Å². The molecule has 2 aromatic carbocycles.